The summed E-state index contributed by atoms with van der Waals surface area (Å²) in [7, 11) is 1.75. The van der Waals surface area contributed by atoms with Crippen LogP contribution in [0.15, 0.2) is 0 Å². The first-order valence-electron chi connectivity index (χ1n) is 5.39. The Labute approximate surface area is 93.9 Å². The van der Waals surface area contributed by atoms with Crippen LogP contribution in [-0.2, 0) is 0 Å². The predicted octanol–water partition coefficient (Wildman–Crippen LogP) is 1.39. The Bertz CT molecular complexity index is 176. The van der Waals surface area contributed by atoms with Crippen LogP contribution in [0.4, 0.5) is 13.2 Å². The smallest absolute Gasteiger partial charge is 0.389 e. The second kappa shape index (κ2) is 7.86. The lowest BCUT2D eigenvalue weighted by Crippen LogP contribution is -2.31. The largest absolute Gasteiger partial charge is 0.395 e. The second-order valence-electron chi connectivity index (χ2n) is 4.00. The summed E-state index contributed by atoms with van der Waals surface area (Å²) in [6.45, 7) is 0.851. The van der Waals surface area contributed by atoms with Gasteiger partial charge < -0.3 is 15.1 Å². The van der Waals surface area contributed by atoms with Gasteiger partial charge in [0.2, 0.25) is 0 Å². The van der Waals surface area contributed by atoms with Crippen molar-refractivity contribution in [3.63, 3.8) is 0 Å². The van der Waals surface area contributed by atoms with Crippen molar-refractivity contribution < 1.29 is 23.4 Å². The van der Waals surface area contributed by atoms with Crippen LogP contribution in [-0.4, -0.2) is 54.1 Å². The van der Waals surface area contributed by atoms with Gasteiger partial charge in [0.15, 0.2) is 0 Å². The zero-order valence-corrected chi connectivity index (χ0v) is 9.50. The third kappa shape index (κ3) is 10.2. The first kappa shape index (κ1) is 15.7. The van der Waals surface area contributed by atoms with Crippen LogP contribution in [0.2, 0.25) is 0 Å². The summed E-state index contributed by atoms with van der Waals surface area (Å²) in [6.07, 6.45) is -4.71. The number of aliphatic hydroxyl groups is 2. The van der Waals surface area contributed by atoms with Gasteiger partial charge in [0.05, 0.1) is 12.7 Å². The number of alkyl halides is 3. The van der Waals surface area contributed by atoms with Crippen LogP contribution in [0.1, 0.15) is 25.7 Å². The molecule has 0 radical (unpaired) electrons. The summed E-state index contributed by atoms with van der Waals surface area (Å²) >= 11 is 0. The van der Waals surface area contributed by atoms with Gasteiger partial charge in [-0.2, -0.15) is 13.2 Å². The topological polar surface area (TPSA) is 43.7 Å². The Morgan fingerprint density at radius 3 is 2.38 bits per heavy atom. The van der Waals surface area contributed by atoms with Crippen LogP contribution < -0.4 is 0 Å². The van der Waals surface area contributed by atoms with E-state index in [2.05, 4.69) is 0 Å². The van der Waals surface area contributed by atoms with Crippen LogP contribution in [0.3, 0.4) is 0 Å². The molecule has 0 amide bonds. The molecule has 16 heavy (non-hydrogen) atoms. The number of likely N-dealkylation sites (N-methyl/N-ethyl adjacent to an activating group) is 1. The van der Waals surface area contributed by atoms with Crippen LogP contribution >= 0.6 is 0 Å². The van der Waals surface area contributed by atoms with Gasteiger partial charge in [0.1, 0.15) is 0 Å². The Morgan fingerprint density at radius 2 is 1.88 bits per heavy atom. The molecule has 0 rings (SSSR count). The minimum Gasteiger partial charge on any atom is -0.395 e. The van der Waals surface area contributed by atoms with E-state index in [1.807, 2.05) is 0 Å². The van der Waals surface area contributed by atoms with E-state index in [1.54, 1.807) is 11.9 Å². The highest BCUT2D eigenvalue weighted by Crippen LogP contribution is 2.22. The molecule has 6 heteroatoms. The van der Waals surface area contributed by atoms with E-state index in [9.17, 15) is 18.3 Å². The van der Waals surface area contributed by atoms with Crippen LogP contribution in [0.5, 0.6) is 0 Å². The molecule has 0 heterocycles. The molecule has 0 bridgehead atoms. The van der Waals surface area contributed by atoms with Crippen LogP contribution in [0, 0.1) is 0 Å². The SMILES string of the molecule is CN(CCO)CC(O)CCCCC(F)(F)F. The molecular formula is C10H20F3NO2. The summed E-state index contributed by atoms with van der Waals surface area (Å²) < 4.78 is 35.4. The van der Waals surface area contributed by atoms with Gasteiger partial charge >= 0.3 is 6.18 Å². The van der Waals surface area contributed by atoms with Gasteiger partial charge in [-0.1, -0.05) is 6.42 Å². The number of nitrogens with zero attached hydrogens (tertiary/aromatic N) is 1. The van der Waals surface area contributed by atoms with Crippen molar-refractivity contribution in [3.05, 3.63) is 0 Å². The Balaban J connectivity index is 3.47. The third-order valence-electron chi connectivity index (χ3n) is 2.25. The zero-order valence-electron chi connectivity index (χ0n) is 9.50. The van der Waals surface area contributed by atoms with E-state index in [0.29, 0.717) is 25.9 Å². The molecule has 0 aromatic carbocycles. The van der Waals surface area contributed by atoms with Gasteiger partial charge in [-0.25, -0.2) is 0 Å². The van der Waals surface area contributed by atoms with Gasteiger partial charge in [0, 0.05) is 19.5 Å². The average Bonchev–Trinajstić information content (AvgIpc) is 2.11. The van der Waals surface area contributed by atoms with Crippen molar-refractivity contribution in [3.8, 4) is 0 Å². The average molecular weight is 243 g/mol. The van der Waals surface area contributed by atoms with Crippen LogP contribution in [0.25, 0.3) is 0 Å². The van der Waals surface area contributed by atoms with Gasteiger partial charge in [-0.05, 0) is 19.9 Å². The minimum atomic E-state index is -4.10. The molecule has 0 aromatic rings. The number of hydrogen-bond acceptors (Lipinski definition) is 3. The summed E-state index contributed by atoms with van der Waals surface area (Å²) in [5, 5.41) is 18.1. The molecule has 1 atom stereocenters. The number of hydrogen-bond donors (Lipinski definition) is 2. The van der Waals surface area contributed by atoms with Gasteiger partial charge in [-0.3, -0.25) is 0 Å². The Kier molecular flexibility index (Phi) is 7.70. The fraction of sp³-hybridized carbons (Fsp3) is 1.00. The summed E-state index contributed by atoms with van der Waals surface area (Å²) in [4.78, 5) is 1.74. The second-order valence-corrected chi connectivity index (χ2v) is 4.00. The predicted molar refractivity (Wildman–Crippen MR) is 55.1 cm³/mol. The highest BCUT2D eigenvalue weighted by atomic mass is 19.4. The first-order valence-corrected chi connectivity index (χ1v) is 5.39. The maximum atomic E-state index is 11.8. The maximum absolute atomic E-state index is 11.8. The molecular weight excluding hydrogens is 223 g/mol. The normalized spacial score (nSPS) is 14.4. The maximum Gasteiger partial charge on any atom is 0.389 e. The lowest BCUT2D eigenvalue weighted by molar-refractivity contribution is -0.135. The fourth-order valence-electron chi connectivity index (χ4n) is 1.42. The van der Waals surface area contributed by atoms with Crippen molar-refractivity contribution in [1.82, 2.24) is 4.90 Å². The quantitative estimate of drug-likeness (QED) is 0.633. The lowest BCUT2D eigenvalue weighted by Gasteiger charge is -2.19. The van der Waals surface area contributed by atoms with E-state index >= 15 is 0 Å². The summed E-state index contributed by atoms with van der Waals surface area (Å²) in [6, 6.07) is 0. The van der Waals surface area contributed by atoms with E-state index in [0.717, 1.165) is 0 Å². The van der Waals surface area contributed by atoms with E-state index in [1.165, 1.54) is 0 Å². The molecule has 3 nitrogen and oxygen atoms in total. The molecule has 0 aliphatic carbocycles. The minimum absolute atomic E-state index is 0.0112. The third-order valence-corrected chi connectivity index (χ3v) is 2.25. The molecule has 0 aliphatic rings. The summed E-state index contributed by atoms with van der Waals surface area (Å²) in [5.41, 5.74) is 0. The highest BCUT2D eigenvalue weighted by molar-refractivity contribution is 4.62. The van der Waals surface area contributed by atoms with E-state index in [4.69, 9.17) is 5.11 Å². The first-order chi connectivity index (χ1) is 7.35. The van der Waals surface area contributed by atoms with Crippen molar-refractivity contribution in [2.24, 2.45) is 0 Å². The zero-order chi connectivity index (χ0) is 12.6. The Hall–Kier alpha value is -0.330. The summed E-state index contributed by atoms with van der Waals surface area (Å²) in [5.74, 6) is 0. The molecule has 98 valence electrons. The molecule has 0 saturated carbocycles. The van der Waals surface area contributed by atoms with Crippen molar-refractivity contribution >= 4 is 0 Å². The molecule has 2 N–H and O–H groups in total. The monoisotopic (exact) mass is 243 g/mol. The molecule has 0 saturated heterocycles. The Morgan fingerprint density at radius 1 is 1.25 bits per heavy atom. The number of rotatable bonds is 8. The van der Waals surface area contributed by atoms with Gasteiger partial charge in [-0.15, -0.1) is 0 Å². The molecule has 1 unspecified atom stereocenters. The molecule has 0 aromatic heterocycles. The van der Waals surface area contributed by atoms with Crippen molar-refractivity contribution in [2.45, 2.75) is 38.0 Å². The van der Waals surface area contributed by atoms with Crippen molar-refractivity contribution in [1.29, 1.82) is 0 Å². The number of halogens is 3. The van der Waals surface area contributed by atoms with E-state index < -0.39 is 18.7 Å². The number of unbranched alkanes of at least 4 members (excludes halogenated alkanes) is 1. The van der Waals surface area contributed by atoms with Crippen molar-refractivity contribution in [2.75, 3.05) is 26.7 Å². The molecule has 0 fully saturated rings. The lowest BCUT2D eigenvalue weighted by atomic mass is 10.1. The highest BCUT2D eigenvalue weighted by Gasteiger charge is 2.25. The molecule has 0 aliphatic heterocycles. The standard InChI is InChI=1S/C10H20F3NO2/c1-14(6-7-15)8-9(16)4-2-3-5-10(11,12)13/h9,15-16H,2-8H2,1H3. The van der Waals surface area contributed by atoms with E-state index in [-0.39, 0.29) is 13.0 Å². The van der Waals surface area contributed by atoms with Gasteiger partial charge in [0.25, 0.3) is 0 Å². The fourth-order valence-corrected chi connectivity index (χ4v) is 1.42. The number of aliphatic hydroxyl groups excluding tert-OH is 2. The molecule has 0 spiro atoms.